The first kappa shape index (κ1) is 21.1. The number of hydrogen-bond donors (Lipinski definition) is 1. The smallest absolute Gasteiger partial charge is 0.243 e. The number of benzene rings is 1. The van der Waals surface area contributed by atoms with Gasteiger partial charge in [-0.05, 0) is 55.5 Å². The molecule has 0 bridgehead atoms. The Bertz CT molecular complexity index is 1110. The molecule has 1 saturated heterocycles. The van der Waals surface area contributed by atoms with Gasteiger partial charge in [0.2, 0.25) is 15.9 Å². The summed E-state index contributed by atoms with van der Waals surface area (Å²) in [6, 6.07) is 10.6. The van der Waals surface area contributed by atoms with Crippen molar-refractivity contribution in [3.63, 3.8) is 0 Å². The van der Waals surface area contributed by atoms with E-state index < -0.39 is 16.1 Å². The first-order chi connectivity index (χ1) is 14.5. The topological polar surface area (TPSA) is 71.4 Å². The third-order valence-corrected chi connectivity index (χ3v) is 8.48. The lowest BCUT2D eigenvalue weighted by atomic mass is 10.2. The van der Waals surface area contributed by atoms with Crippen LogP contribution in [0, 0.1) is 0 Å². The highest BCUT2D eigenvalue weighted by Gasteiger charge is 2.26. The van der Waals surface area contributed by atoms with Crippen LogP contribution in [0.4, 0.5) is 0 Å². The number of sulfonamides is 1. The third-order valence-electron chi connectivity index (χ3n) is 5.71. The first-order valence-electron chi connectivity index (χ1n) is 10.4. The summed E-state index contributed by atoms with van der Waals surface area (Å²) in [5.41, 5.74) is 0.851. The van der Waals surface area contributed by atoms with Crippen molar-refractivity contribution in [1.29, 1.82) is 0 Å². The van der Waals surface area contributed by atoms with Gasteiger partial charge in [-0.3, -0.25) is 4.79 Å². The minimum absolute atomic E-state index is 0.0674. The highest BCUT2D eigenvalue weighted by atomic mass is 32.2. The van der Waals surface area contributed by atoms with E-state index in [0.29, 0.717) is 24.5 Å². The second-order valence-corrected chi connectivity index (χ2v) is 10.7. The van der Waals surface area contributed by atoms with E-state index in [2.05, 4.69) is 5.32 Å². The monoisotopic (exact) mass is 445 g/mol. The van der Waals surface area contributed by atoms with E-state index in [1.807, 2.05) is 47.3 Å². The third kappa shape index (κ3) is 4.31. The summed E-state index contributed by atoms with van der Waals surface area (Å²) < 4.78 is 29.7. The Morgan fingerprint density at radius 1 is 1.13 bits per heavy atom. The second kappa shape index (κ2) is 8.91. The molecule has 1 unspecified atom stereocenters. The summed E-state index contributed by atoms with van der Waals surface area (Å²) in [4.78, 5) is 14.0. The van der Waals surface area contributed by atoms with Gasteiger partial charge >= 0.3 is 0 Å². The Labute approximate surface area is 181 Å². The molecule has 0 aliphatic carbocycles. The SMILES string of the molecule is CC(C(=O)NCc1cccs1)n1ccc2cc(S(=O)(=O)N3CCCCCC3)ccc21. The lowest BCUT2D eigenvalue weighted by Gasteiger charge is -2.20. The molecule has 160 valence electrons. The Balaban J connectivity index is 1.53. The van der Waals surface area contributed by atoms with Crippen molar-refractivity contribution in [2.75, 3.05) is 13.1 Å². The van der Waals surface area contributed by atoms with Gasteiger partial charge in [0.1, 0.15) is 6.04 Å². The number of nitrogens with zero attached hydrogens (tertiary/aromatic N) is 2. The van der Waals surface area contributed by atoms with Crippen LogP contribution in [-0.4, -0.2) is 36.3 Å². The largest absolute Gasteiger partial charge is 0.349 e. The molecule has 6 nitrogen and oxygen atoms in total. The normalized spacial score (nSPS) is 17.0. The van der Waals surface area contributed by atoms with Crippen molar-refractivity contribution in [2.24, 2.45) is 0 Å². The molecule has 1 amide bonds. The standard InChI is InChI=1S/C22H27N3O3S2/c1-17(22(26)23-16-19-7-6-14-29-19)25-13-10-18-15-20(8-9-21(18)25)30(27,28)24-11-4-2-3-5-12-24/h6-10,13-15,17H,2-5,11-12,16H2,1H3,(H,23,26). The van der Waals surface area contributed by atoms with E-state index in [1.54, 1.807) is 27.8 Å². The molecule has 30 heavy (non-hydrogen) atoms. The number of aromatic nitrogens is 1. The van der Waals surface area contributed by atoms with Crippen molar-refractivity contribution in [3.8, 4) is 0 Å². The number of thiophene rings is 1. The van der Waals surface area contributed by atoms with E-state index in [9.17, 15) is 13.2 Å². The fourth-order valence-corrected chi connectivity index (χ4v) is 6.13. The lowest BCUT2D eigenvalue weighted by molar-refractivity contribution is -0.123. The van der Waals surface area contributed by atoms with E-state index in [4.69, 9.17) is 0 Å². The Hall–Kier alpha value is -2.16. The van der Waals surface area contributed by atoms with Crippen molar-refractivity contribution in [1.82, 2.24) is 14.2 Å². The van der Waals surface area contributed by atoms with Gasteiger partial charge in [-0.25, -0.2) is 8.42 Å². The van der Waals surface area contributed by atoms with Gasteiger partial charge in [-0.15, -0.1) is 11.3 Å². The minimum atomic E-state index is -3.49. The molecule has 0 spiro atoms. The van der Waals surface area contributed by atoms with Crippen molar-refractivity contribution >= 4 is 38.2 Å². The lowest BCUT2D eigenvalue weighted by Crippen LogP contribution is -2.32. The van der Waals surface area contributed by atoms with Gasteiger partial charge in [0.25, 0.3) is 0 Å². The van der Waals surface area contributed by atoms with E-state index >= 15 is 0 Å². The molecule has 1 atom stereocenters. The van der Waals surface area contributed by atoms with Gasteiger partial charge in [0.05, 0.1) is 11.4 Å². The van der Waals surface area contributed by atoms with Crippen LogP contribution in [0.25, 0.3) is 10.9 Å². The first-order valence-corrected chi connectivity index (χ1v) is 12.7. The van der Waals surface area contributed by atoms with Crippen LogP contribution in [-0.2, 0) is 21.4 Å². The average molecular weight is 446 g/mol. The molecule has 1 aromatic carbocycles. The number of fused-ring (bicyclic) bond motifs is 1. The molecule has 1 N–H and O–H groups in total. The highest BCUT2D eigenvalue weighted by molar-refractivity contribution is 7.89. The van der Waals surface area contributed by atoms with E-state index in [0.717, 1.165) is 41.5 Å². The fraction of sp³-hybridized carbons (Fsp3) is 0.409. The number of amides is 1. The predicted octanol–water partition coefficient (Wildman–Crippen LogP) is 4.14. The molecule has 1 aliphatic rings. The summed E-state index contributed by atoms with van der Waals surface area (Å²) in [7, 11) is -3.49. The number of carbonyl (C=O) groups is 1. The molecule has 2 aromatic heterocycles. The molecule has 8 heteroatoms. The highest BCUT2D eigenvalue weighted by Crippen LogP contribution is 2.26. The number of carbonyl (C=O) groups excluding carboxylic acids is 1. The molecular weight excluding hydrogens is 418 g/mol. The molecular formula is C22H27N3O3S2. The Kier molecular flexibility index (Phi) is 6.26. The van der Waals surface area contributed by atoms with Crippen LogP contribution in [0.3, 0.4) is 0 Å². The molecule has 0 radical (unpaired) electrons. The van der Waals surface area contributed by atoms with Crippen molar-refractivity contribution < 1.29 is 13.2 Å². The van der Waals surface area contributed by atoms with E-state index in [-0.39, 0.29) is 5.91 Å². The quantitative estimate of drug-likeness (QED) is 0.620. The number of nitrogens with one attached hydrogen (secondary N) is 1. The molecule has 3 heterocycles. The maximum atomic E-state index is 13.1. The van der Waals surface area contributed by atoms with Gasteiger partial charge in [-0.2, -0.15) is 4.31 Å². The van der Waals surface area contributed by atoms with Crippen LogP contribution < -0.4 is 5.32 Å². The summed E-state index contributed by atoms with van der Waals surface area (Å²) in [5.74, 6) is -0.0674. The Morgan fingerprint density at radius 3 is 2.60 bits per heavy atom. The van der Waals surface area contributed by atoms with Gasteiger partial charge in [0, 0.05) is 35.1 Å². The van der Waals surface area contributed by atoms with Crippen LogP contribution in [0.5, 0.6) is 0 Å². The van der Waals surface area contributed by atoms with Crippen LogP contribution in [0.1, 0.15) is 43.5 Å². The van der Waals surface area contributed by atoms with Gasteiger partial charge < -0.3 is 9.88 Å². The summed E-state index contributed by atoms with van der Waals surface area (Å²) >= 11 is 1.61. The molecule has 1 aliphatic heterocycles. The number of rotatable bonds is 6. The second-order valence-electron chi connectivity index (χ2n) is 7.74. The van der Waals surface area contributed by atoms with Crippen LogP contribution >= 0.6 is 11.3 Å². The van der Waals surface area contributed by atoms with Crippen molar-refractivity contribution in [3.05, 3.63) is 52.9 Å². The molecule has 1 fully saturated rings. The Morgan fingerprint density at radius 2 is 1.90 bits per heavy atom. The maximum absolute atomic E-state index is 13.1. The van der Waals surface area contributed by atoms with Crippen LogP contribution in [0.2, 0.25) is 0 Å². The predicted molar refractivity (Wildman–Crippen MR) is 120 cm³/mol. The zero-order chi connectivity index (χ0) is 21.1. The summed E-state index contributed by atoms with van der Waals surface area (Å²) in [6.45, 7) is 3.54. The zero-order valence-electron chi connectivity index (χ0n) is 17.1. The molecule has 4 rings (SSSR count). The zero-order valence-corrected chi connectivity index (χ0v) is 18.7. The van der Waals surface area contributed by atoms with Gasteiger partial charge in [-0.1, -0.05) is 18.9 Å². The maximum Gasteiger partial charge on any atom is 0.243 e. The van der Waals surface area contributed by atoms with Crippen LogP contribution in [0.15, 0.2) is 52.9 Å². The fourth-order valence-electron chi connectivity index (χ4n) is 3.93. The summed E-state index contributed by atoms with van der Waals surface area (Å²) in [5, 5.41) is 5.78. The molecule has 3 aromatic rings. The average Bonchev–Trinajstić information content (AvgIpc) is 3.33. The van der Waals surface area contributed by atoms with Crippen molar-refractivity contribution in [2.45, 2.75) is 50.1 Å². The minimum Gasteiger partial charge on any atom is -0.349 e. The number of hydrogen-bond acceptors (Lipinski definition) is 4. The summed E-state index contributed by atoms with van der Waals surface area (Å²) in [6.07, 6.45) is 5.84. The van der Waals surface area contributed by atoms with Gasteiger partial charge in [0.15, 0.2) is 0 Å². The molecule has 0 saturated carbocycles. The van der Waals surface area contributed by atoms with E-state index in [1.165, 1.54) is 0 Å².